The second-order valence-electron chi connectivity index (χ2n) is 6.66. The van der Waals surface area contributed by atoms with Crippen LogP contribution in [0.25, 0.3) is 10.2 Å². The van der Waals surface area contributed by atoms with Gasteiger partial charge in [-0.3, -0.25) is 14.7 Å². The standard InChI is InChI=1S/C22H18IN3OS/c1-14-10-15(2)20-19(11-14)25-22(28-20)26(13-16-6-5-9-24-12-16)21(27)17-7-3-4-8-18(17)23/h3-12H,13H2,1-2H3. The first kappa shape index (κ1) is 19.0. The number of thiazole rings is 1. The molecular formula is C22H18IN3OS. The lowest BCUT2D eigenvalue weighted by Crippen LogP contribution is -2.31. The molecular weight excluding hydrogens is 481 g/mol. The molecule has 0 aliphatic carbocycles. The molecule has 0 aliphatic rings. The predicted octanol–water partition coefficient (Wildman–Crippen LogP) is 5.76. The van der Waals surface area contributed by atoms with Gasteiger partial charge in [-0.15, -0.1) is 0 Å². The van der Waals surface area contributed by atoms with Crippen LogP contribution in [-0.4, -0.2) is 15.9 Å². The molecule has 4 nitrogen and oxygen atoms in total. The van der Waals surface area contributed by atoms with Crippen LogP contribution in [0.4, 0.5) is 5.13 Å². The lowest BCUT2D eigenvalue weighted by molar-refractivity contribution is 0.0984. The Morgan fingerprint density at radius 3 is 2.71 bits per heavy atom. The topological polar surface area (TPSA) is 46.1 Å². The zero-order valence-electron chi connectivity index (χ0n) is 15.5. The average Bonchev–Trinajstić information content (AvgIpc) is 3.11. The highest BCUT2D eigenvalue weighted by Gasteiger charge is 2.23. The van der Waals surface area contributed by atoms with Gasteiger partial charge >= 0.3 is 0 Å². The number of benzene rings is 2. The summed E-state index contributed by atoms with van der Waals surface area (Å²) in [5.74, 6) is -0.0534. The number of nitrogens with zero attached hydrogens (tertiary/aromatic N) is 3. The van der Waals surface area contributed by atoms with Gasteiger partial charge in [-0.2, -0.15) is 0 Å². The average molecular weight is 499 g/mol. The molecule has 0 atom stereocenters. The van der Waals surface area contributed by atoms with Gasteiger partial charge in [0.1, 0.15) is 0 Å². The molecule has 2 aromatic heterocycles. The summed E-state index contributed by atoms with van der Waals surface area (Å²) in [4.78, 5) is 24.2. The summed E-state index contributed by atoms with van der Waals surface area (Å²) in [6, 6.07) is 15.7. The largest absolute Gasteiger partial charge is 0.279 e. The third kappa shape index (κ3) is 3.79. The number of pyridine rings is 1. The minimum atomic E-state index is -0.0534. The van der Waals surface area contributed by atoms with Crippen molar-refractivity contribution in [3.8, 4) is 0 Å². The van der Waals surface area contributed by atoms with Crippen LogP contribution in [0.3, 0.4) is 0 Å². The van der Waals surface area contributed by atoms with Gasteiger partial charge in [0.2, 0.25) is 0 Å². The Labute approximate surface area is 181 Å². The van der Waals surface area contributed by atoms with Gasteiger partial charge in [0.05, 0.1) is 22.3 Å². The SMILES string of the molecule is Cc1cc(C)c2sc(N(Cc3cccnc3)C(=O)c3ccccc3I)nc2c1. The normalized spacial score (nSPS) is 11.0. The first-order valence-electron chi connectivity index (χ1n) is 8.86. The second-order valence-corrected chi connectivity index (χ2v) is 8.80. The molecule has 2 aromatic carbocycles. The minimum absolute atomic E-state index is 0.0534. The van der Waals surface area contributed by atoms with Gasteiger partial charge in [-0.1, -0.05) is 35.6 Å². The first-order chi connectivity index (χ1) is 13.5. The number of amides is 1. The molecule has 2 heterocycles. The molecule has 4 aromatic rings. The van der Waals surface area contributed by atoms with Gasteiger partial charge in [0, 0.05) is 16.0 Å². The van der Waals surface area contributed by atoms with E-state index in [1.54, 1.807) is 28.6 Å². The highest BCUT2D eigenvalue weighted by atomic mass is 127. The van der Waals surface area contributed by atoms with Crippen LogP contribution in [0.15, 0.2) is 60.9 Å². The molecule has 0 bridgehead atoms. The zero-order valence-corrected chi connectivity index (χ0v) is 18.5. The summed E-state index contributed by atoms with van der Waals surface area (Å²) in [7, 11) is 0. The number of rotatable bonds is 4. The van der Waals surface area contributed by atoms with E-state index in [9.17, 15) is 4.79 Å². The van der Waals surface area contributed by atoms with Gasteiger partial charge < -0.3 is 0 Å². The maximum Gasteiger partial charge on any atom is 0.261 e. The fourth-order valence-corrected chi connectivity index (χ4v) is 4.79. The third-order valence-corrected chi connectivity index (χ3v) is 6.62. The molecule has 0 radical (unpaired) electrons. The van der Waals surface area contributed by atoms with E-state index in [-0.39, 0.29) is 5.91 Å². The van der Waals surface area contributed by atoms with Crippen molar-refractivity contribution >= 4 is 55.2 Å². The van der Waals surface area contributed by atoms with Gasteiger partial charge in [0.15, 0.2) is 5.13 Å². The molecule has 0 unspecified atom stereocenters. The van der Waals surface area contributed by atoms with Crippen molar-refractivity contribution in [3.05, 3.63) is 86.7 Å². The van der Waals surface area contributed by atoms with Crippen molar-refractivity contribution in [1.82, 2.24) is 9.97 Å². The summed E-state index contributed by atoms with van der Waals surface area (Å²) in [6.07, 6.45) is 3.53. The van der Waals surface area contributed by atoms with E-state index in [0.29, 0.717) is 17.2 Å². The van der Waals surface area contributed by atoms with Crippen LogP contribution in [0.1, 0.15) is 27.0 Å². The van der Waals surface area contributed by atoms with E-state index in [1.165, 1.54) is 11.1 Å². The number of carbonyl (C=O) groups is 1. The number of anilines is 1. The maximum atomic E-state index is 13.5. The monoisotopic (exact) mass is 499 g/mol. The summed E-state index contributed by atoms with van der Waals surface area (Å²) >= 11 is 3.77. The van der Waals surface area contributed by atoms with Crippen molar-refractivity contribution in [1.29, 1.82) is 0 Å². The Morgan fingerprint density at radius 1 is 1.14 bits per heavy atom. The Kier molecular flexibility index (Phi) is 5.41. The molecule has 0 N–H and O–H groups in total. The smallest absolute Gasteiger partial charge is 0.261 e. The summed E-state index contributed by atoms with van der Waals surface area (Å²) in [6.45, 7) is 4.58. The van der Waals surface area contributed by atoms with E-state index in [2.05, 4.69) is 53.6 Å². The van der Waals surface area contributed by atoms with Crippen molar-refractivity contribution < 1.29 is 4.79 Å². The van der Waals surface area contributed by atoms with Crippen LogP contribution in [0.2, 0.25) is 0 Å². The van der Waals surface area contributed by atoms with E-state index in [4.69, 9.17) is 4.98 Å². The lowest BCUT2D eigenvalue weighted by atomic mass is 10.1. The van der Waals surface area contributed by atoms with Gasteiger partial charge in [-0.25, -0.2) is 4.98 Å². The fourth-order valence-electron chi connectivity index (χ4n) is 3.16. The molecule has 0 spiro atoms. The Bertz CT molecular complexity index is 1160. The quantitative estimate of drug-likeness (QED) is 0.336. The Hall–Kier alpha value is -2.32. The van der Waals surface area contributed by atoms with Crippen molar-refractivity contribution in [2.45, 2.75) is 20.4 Å². The predicted molar refractivity (Wildman–Crippen MR) is 123 cm³/mol. The molecule has 28 heavy (non-hydrogen) atoms. The Morgan fingerprint density at radius 2 is 1.96 bits per heavy atom. The maximum absolute atomic E-state index is 13.5. The highest BCUT2D eigenvalue weighted by Crippen LogP contribution is 2.34. The zero-order chi connectivity index (χ0) is 19.7. The highest BCUT2D eigenvalue weighted by molar-refractivity contribution is 14.1. The molecule has 140 valence electrons. The molecule has 0 saturated heterocycles. The van der Waals surface area contributed by atoms with Crippen LogP contribution in [-0.2, 0) is 6.54 Å². The number of fused-ring (bicyclic) bond motifs is 1. The van der Waals surface area contributed by atoms with Gasteiger partial charge in [-0.05, 0) is 77.4 Å². The number of hydrogen-bond acceptors (Lipinski definition) is 4. The number of hydrogen-bond donors (Lipinski definition) is 0. The van der Waals surface area contributed by atoms with Gasteiger partial charge in [0.25, 0.3) is 5.91 Å². The summed E-state index contributed by atoms with van der Waals surface area (Å²) in [5.41, 5.74) is 4.93. The summed E-state index contributed by atoms with van der Waals surface area (Å²) < 4.78 is 2.04. The number of halogens is 1. The molecule has 4 rings (SSSR count). The second kappa shape index (κ2) is 7.97. The van der Waals surface area contributed by atoms with E-state index in [1.807, 2.05) is 36.4 Å². The molecule has 0 aliphatic heterocycles. The number of aryl methyl sites for hydroxylation is 2. The number of carbonyl (C=O) groups excluding carboxylic acids is 1. The van der Waals surface area contributed by atoms with Crippen molar-refractivity contribution in [2.75, 3.05) is 4.90 Å². The van der Waals surface area contributed by atoms with Crippen molar-refractivity contribution in [3.63, 3.8) is 0 Å². The molecule has 0 fully saturated rings. The lowest BCUT2D eigenvalue weighted by Gasteiger charge is -2.20. The Balaban J connectivity index is 1.82. The van der Waals surface area contributed by atoms with Crippen LogP contribution in [0.5, 0.6) is 0 Å². The van der Waals surface area contributed by atoms with E-state index >= 15 is 0 Å². The van der Waals surface area contributed by atoms with E-state index < -0.39 is 0 Å². The van der Waals surface area contributed by atoms with Crippen LogP contribution < -0.4 is 4.90 Å². The molecule has 6 heteroatoms. The third-order valence-electron chi connectivity index (χ3n) is 4.45. The van der Waals surface area contributed by atoms with Crippen LogP contribution >= 0.6 is 33.9 Å². The van der Waals surface area contributed by atoms with E-state index in [0.717, 1.165) is 19.4 Å². The fraction of sp³-hybridized carbons (Fsp3) is 0.136. The van der Waals surface area contributed by atoms with Crippen LogP contribution in [0, 0.1) is 17.4 Å². The summed E-state index contributed by atoms with van der Waals surface area (Å²) in [5, 5.41) is 0.706. The number of aromatic nitrogens is 2. The minimum Gasteiger partial charge on any atom is -0.279 e. The van der Waals surface area contributed by atoms with Crippen molar-refractivity contribution in [2.24, 2.45) is 0 Å². The first-order valence-corrected chi connectivity index (χ1v) is 10.8. The molecule has 0 saturated carbocycles. The molecule has 1 amide bonds.